The van der Waals surface area contributed by atoms with Crippen LogP contribution in [-0.4, -0.2) is 18.0 Å². The first-order valence-corrected chi connectivity index (χ1v) is 6.34. The molecular formula is C14H21ClN2O. The number of amides is 1. The fourth-order valence-corrected chi connectivity index (χ4v) is 2.25. The minimum absolute atomic E-state index is 0. The van der Waals surface area contributed by atoms with Gasteiger partial charge in [-0.15, -0.1) is 12.4 Å². The van der Waals surface area contributed by atoms with E-state index in [4.69, 9.17) is 0 Å². The molecule has 1 saturated carbocycles. The summed E-state index contributed by atoms with van der Waals surface area (Å²) in [5.74, 6) is 0.0930. The van der Waals surface area contributed by atoms with Crippen LogP contribution in [-0.2, 0) is 4.79 Å². The summed E-state index contributed by atoms with van der Waals surface area (Å²) in [6.45, 7) is 2.50. The van der Waals surface area contributed by atoms with Gasteiger partial charge in [0.15, 0.2) is 0 Å². The summed E-state index contributed by atoms with van der Waals surface area (Å²) in [6, 6.07) is 9.81. The second kappa shape index (κ2) is 6.64. The Kier molecular flexibility index (Phi) is 5.48. The van der Waals surface area contributed by atoms with Gasteiger partial charge in [-0.2, -0.15) is 0 Å². The van der Waals surface area contributed by atoms with Crippen LogP contribution < -0.4 is 10.6 Å². The van der Waals surface area contributed by atoms with Crippen molar-refractivity contribution in [3.63, 3.8) is 0 Å². The molecule has 0 atom stereocenters. The fraction of sp³-hybridized carbons (Fsp3) is 0.500. The zero-order valence-corrected chi connectivity index (χ0v) is 11.6. The number of hydrogen-bond donors (Lipinski definition) is 2. The molecule has 2 rings (SSSR count). The van der Waals surface area contributed by atoms with Crippen LogP contribution in [0.2, 0.25) is 0 Å². The first kappa shape index (κ1) is 14.8. The monoisotopic (exact) mass is 268 g/mol. The Hall–Kier alpha value is -1.22. The summed E-state index contributed by atoms with van der Waals surface area (Å²) >= 11 is 0. The van der Waals surface area contributed by atoms with E-state index in [-0.39, 0.29) is 23.9 Å². The van der Waals surface area contributed by atoms with Gasteiger partial charge in [0.25, 0.3) is 0 Å². The zero-order chi connectivity index (χ0) is 12.1. The van der Waals surface area contributed by atoms with Gasteiger partial charge in [0.2, 0.25) is 5.91 Å². The van der Waals surface area contributed by atoms with Gasteiger partial charge in [0, 0.05) is 11.2 Å². The Morgan fingerprint density at radius 3 is 2.44 bits per heavy atom. The summed E-state index contributed by atoms with van der Waals surface area (Å²) in [6.07, 6.45) is 4.52. The van der Waals surface area contributed by atoms with Crippen LogP contribution in [0, 0.1) is 0 Å². The van der Waals surface area contributed by atoms with Crippen LogP contribution >= 0.6 is 12.4 Å². The Morgan fingerprint density at radius 1 is 1.28 bits per heavy atom. The number of hydrogen-bond acceptors (Lipinski definition) is 2. The van der Waals surface area contributed by atoms with Crippen LogP contribution in [0.3, 0.4) is 0 Å². The molecule has 3 nitrogen and oxygen atoms in total. The van der Waals surface area contributed by atoms with Crippen LogP contribution in [0.4, 0.5) is 5.69 Å². The van der Waals surface area contributed by atoms with Crippen molar-refractivity contribution < 1.29 is 4.79 Å². The van der Waals surface area contributed by atoms with Gasteiger partial charge in [-0.1, -0.05) is 25.1 Å². The van der Waals surface area contributed by atoms with Crippen LogP contribution in [0.5, 0.6) is 0 Å². The van der Waals surface area contributed by atoms with Gasteiger partial charge in [-0.05, 0) is 37.8 Å². The molecule has 1 fully saturated rings. The average molecular weight is 269 g/mol. The number of carbonyl (C=O) groups excluding carboxylic acids is 1. The number of rotatable bonds is 5. The van der Waals surface area contributed by atoms with Gasteiger partial charge in [0.1, 0.15) is 0 Å². The fourth-order valence-electron chi connectivity index (χ4n) is 2.25. The molecule has 18 heavy (non-hydrogen) atoms. The predicted octanol–water partition coefficient (Wildman–Crippen LogP) is 2.97. The van der Waals surface area contributed by atoms with Crippen molar-refractivity contribution in [2.75, 3.05) is 11.9 Å². The molecule has 0 aliphatic heterocycles. The average Bonchev–Trinajstić information content (AvgIpc) is 2.33. The van der Waals surface area contributed by atoms with Crippen LogP contribution in [0.25, 0.3) is 0 Å². The van der Waals surface area contributed by atoms with Gasteiger partial charge >= 0.3 is 0 Å². The SMILES string of the molecule is CCC1(NC(=O)CNc2ccccc2)CCC1.Cl. The molecule has 0 unspecified atom stereocenters. The van der Waals surface area contributed by atoms with Gasteiger partial charge in [-0.25, -0.2) is 0 Å². The van der Waals surface area contributed by atoms with Crippen molar-refractivity contribution in [1.29, 1.82) is 0 Å². The molecule has 2 N–H and O–H groups in total. The van der Waals surface area contributed by atoms with Crippen LogP contribution in [0.1, 0.15) is 32.6 Å². The lowest BCUT2D eigenvalue weighted by molar-refractivity contribution is -0.122. The topological polar surface area (TPSA) is 41.1 Å². The minimum Gasteiger partial charge on any atom is -0.376 e. The van der Waals surface area contributed by atoms with E-state index in [0.717, 1.165) is 24.9 Å². The normalized spacial score (nSPS) is 16.1. The van der Waals surface area contributed by atoms with E-state index in [1.54, 1.807) is 0 Å². The molecule has 0 radical (unpaired) electrons. The molecule has 0 spiro atoms. The van der Waals surface area contributed by atoms with Gasteiger partial charge < -0.3 is 10.6 Å². The standard InChI is InChI=1S/C14H20N2O.ClH/c1-2-14(9-6-10-14)16-13(17)11-15-12-7-4-3-5-8-12;/h3-5,7-8,15H,2,6,9-11H2,1H3,(H,16,17);1H. The van der Waals surface area contributed by atoms with E-state index in [2.05, 4.69) is 17.6 Å². The van der Waals surface area contributed by atoms with E-state index < -0.39 is 0 Å². The molecule has 1 aliphatic rings. The van der Waals surface area contributed by atoms with Crippen molar-refractivity contribution in [1.82, 2.24) is 5.32 Å². The summed E-state index contributed by atoms with van der Waals surface area (Å²) in [5.41, 5.74) is 1.08. The number of halogens is 1. The van der Waals surface area contributed by atoms with Crippen molar-refractivity contribution in [2.45, 2.75) is 38.1 Å². The number of anilines is 1. The first-order chi connectivity index (χ1) is 8.24. The molecular weight excluding hydrogens is 248 g/mol. The van der Waals surface area contributed by atoms with E-state index in [1.165, 1.54) is 6.42 Å². The van der Waals surface area contributed by atoms with E-state index in [1.807, 2.05) is 30.3 Å². The highest BCUT2D eigenvalue weighted by Gasteiger charge is 2.36. The molecule has 100 valence electrons. The van der Waals surface area contributed by atoms with Gasteiger partial charge in [0.05, 0.1) is 6.54 Å². The lowest BCUT2D eigenvalue weighted by atomic mass is 9.75. The molecule has 1 amide bonds. The maximum Gasteiger partial charge on any atom is 0.239 e. The summed E-state index contributed by atoms with van der Waals surface area (Å²) in [5, 5.41) is 6.28. The third-order valence-corrected chi connectivity index (χ3v) is 3.62. The molecule has 1 aromatic rings. The highest BCUT2D eigenvalue weighted by atomic mass is 35.5. The van der Waals surface area contributed by atoms with Crippen molar-refractivity contribution in [2.24, 2.45) is 0 Å². The molecule has 0 heterocycles. The van der Waals surface area contributed by atoms with E-state index in [9.17, 15) is 4.79 Å². The Morgan fingerprint density at radius 2 is 1.94 bits per heavy atom. The van der Waals surface area contributed by atoms with Crippen molar-refractivity contribution in [3.8, 4) is 0 Å². The maximum absolute atomic E-state index is 11.8. The van der Waals surface area contributed by atoms with Crippen molar-refractivity contribution in [3.05, 3.63) is 30.3 Å². The Labute approximate surface area is 115 Å². The second-order valence-corrected chi connectivity index (χ2v) is 4.76. The summed E-state index contributed by atoms with van der Waals surface area (Å²) in [4.78, 5) is 11.8. The smallest absolute Gasteiger partial charge is 0.239 e. The number of benzene rings is 1. The van der Waals surface area contributed by atoms with Gasteiger partial charge in [-0.3, -0.25) is 4.79 Å². The van der Waals surface area contributed by atoms with Crippen LogP contribution in [0.15, 0.2) is 30.3 Å². The summed E-state index contributed by atoms with van der Waals surface area (Å²) in [7, 11) is 0. The van der Waals surface area contributed by atoms with E-state index >= 15 is 0 Å². The quantitative estimate of drug-likeness (QED) is 0.862. The highest BCUT2D eigenvalue weighted by Crippen LogP contribution is 2.34. The van der Waals surface area contributed by atoms with Crippen molar-refractivity contribution >= 4 is 24.0 Å². The molecule has 4 heteroatoms. The lowest BCUT2D eigenvalue weighted by Gasteiger charge is -2.42. The molecule has 1 aliphatic carbocycles. The predicted molar refractivity (Wildman–Crippen MR) is 77.2 cm³/mol. The molecule has 0 saturated heterocycles. The first-order valence-electron chi connectivity index (χ1n) is 6.34. The largest absolute Gasteiger partial charge is 0.376 e. The molecule has 1 aromatic carbocycles. The summed E-state index contributed by atoms with van der Waals surface area (Å²) < 4.78 is 0. The number of para-hydroxylation sites is 1. The lowest BCUT2D eigenvalue weighted by Crippen LogP contribution is -2.54. The third kappa shape index (κ3) is 3.64. The maximum atomic E-state index is 11.8. The Balaban J connectivity index is 0.00000162. The molecule has 0 bridgehead atoms. The molecule has 0 aromatic heterocycles. The highest BCUT2D eigenvalue weighted by molar-refractivity contribution is 5.85. The van der Waals surface area contributed by atoms with E-state index in [0.29, 0.717) is 6.54 Å². The number of carbonyl (C=O) groups is 1. The third-order valence-electron chi connectivity index (χ3n) is 3.62. The Bertz CT molecular complexity index is 371. The second-order valence-electron chi connectivity index (χ2n) is 4.76. The minimum atomic E-state index is 0. The zero-order valence-electron chi connectivity index (χ0n) is 10.7. The number of nitrogens with one attached hydrogen (secondary N) is 2.